The highest BCUT2D eigenvalue weighted by Gasteiger charge is 2.29. The van der Waals surface area contributed by atoms with E-state index in [2.05, 4.69) is 59.9 Å². The molecule has 7 nitrogen and oxygen atoms in total. The summed E-state index contributed by atoms with van der Waals surface area (Å²) in [5.74, 6) is -3.54. The summed E-state index contributed by atoms with van der Waals surface area (Å²) in [6, 6.07) is 19.8. The number of benzene rings is 2. The first-order valence-corrected chi connectivity index (χ1v) is 8.09. The van der Waals surface area contributed by atoms with E-state index >= 15 is 0 Å². The number of hydrogen-bond acceptors (Lipinski definition) is 5. The van der Waals surface area contributed by atoms with Crippen molar-refractivity contribution < 1.29 is 30.0 Å². The standard InChI is InChI=1S/C15H15N.C4H6O6/c1-2-7-13(8-3-1)15-14-9-5-4-6-12(14)10-11-16-15;5-1(3(7)8)2(6)4(9)10/h1-9,15-16H,10-11H2;1-2,5-6H,(H,7,8)(H,9,10)/t15-;/m1./s1. The van der Waals surface area contributed by atoms with Crippen molar-refractivity contribution in [1.82, 2.24) is 5.32 Å². The molecule has 5 N–H and O–H groups in total. The molecule has 0 saturated carbocycles. The summed E-state index contributed by atoms with van der Waals surface area (Å²) in [5, 5.41) is 36.1. The van der Waals surface area contributed by atoms with E-state index in [1.807, 2.05) is 0 Å². The van der Waals surface area contributed by atoms with Crippen molar-refractivity contribution in [2.75, 3.05) is 6.54 Å². The van der Waals surface area contributed by atoms with Crippen molar-refractivity contribution in [3.63, 3.8) is 0 Å². The van der Waals surface area contributed by atoms with Crippen LogP contribution in [0.3, 0.4) is 0 Å². The predicted octanol–water partition coefficient (Wildman–Crippen LogP) is 0.799. The lowest BCUT2D eigenvalue weighted by atomic mass is 9.90. The number of carboxylic acids is 2. The van der Waals surface area contributed by atoms with E-state index in [9.17, 15) is 9.59 Å². The van der Waals surface area contributed by atoms with Gasteiger partial charge in [-0.05, 0) is 23.1 Å². The maximum absolute atomic E-state index is 9.77. The molecule has 7 heteroatoms. The van der Waals surface area contributed by atoms with E-state index < -0.39 is 24.1 Å². The monoisotopic (exact) mass is 359 g/mol. The molecule has 0 fully saturated rings. The maximum Gasteiger partial charge on any atom is 0.335 e. The lowest BCUT2D eigenvalue weighted by Gasteiger charge is -2.27. The highest BCUT2D eigenvalue weighted by atomic mass is 16.4. The molecule has 0 amide bonds. The zero-order valence-corrected chi connectivity index (χ0v) is 13.9. The van der Waals surface area contributed by atoms with Gasteiger partial charge < -0.3 is 25.7 Å². The average Bonchev–Trinajstić information content (AvgIpc) is 2.67. The molecule has 1 heterocycles. The second kappa shape index (κ2) is 9.10. The Bertz CT molecular complexity index is 731. The van der Waals surface area contributed by atoms with E-state index in [1.54, 1.807) is 0 Å². The van der Waals surface area contributed by atoms with Crippen LogP contribution in [0.5, 0.6) is 0 Å². The predicted molar refractivity (Wildman–Crippen MR) is 93.7 cm³/mol. The zero-order chi connectivity index (χ0) is 19.1. The molecule has 0 spiro atoms. The number of aliphatic carboxylic acids is 2. The van der Waals surface area contributed by atoms with Crippen LogP contribution < -0.4 is 5.32 Å². The van der Waals surface area contributed by atoms with E-state index in [4.69, 9.17) is 20.4 Å². The Kier molecular flexibility index (Phi) is 6.85. The number of fused-ring (bicyclic) bond motifs is 1. The largest absolute Gasteiger partial charge is 0.479 e. The topological polar surface area (TPSA) is 127 Å². The normalized spacial score (nSPS) is 17.8. The van der Waals surface area contributed by atoms with Crippen molar-refractivity contribution in [2.24, 2.45) is 0 Å². The van der Waals surface area contributed by atoms with Crippen LogP contribution in [-0.2, 0) is 16.0 Å². The number of aliphatic hydroxyl groups excluding tert-OH is 2. The summed E-state index contributed by atoms with van der Waals surface area (Å²) in [6.07, 6.45) is -3.39. The highest BCUT2D eigenvalue weighted by molar-refractivity contribution is 5.83. The first-order valence-electron chi connectivity index (χ1n) is 8.09. The number of carboxylic acid groups (broad SMARTS) is 2. The van der Waals surface area contributed by atoms with Crippen molar-refractivity contribution in [1.29, 1.82) is 0 Å². The van der Waals surface area contributed by atoms with Crippen molar-refractivity contribution in [3.8, 4) is 0 Å². The van der Waals surface area contributed by atoms with Gasteiger partial charge in [0.2, 0.25) is 0 Å². The van der Waals surface area contributed by atoms with Gasteiger partial charge in [-0.3, -0.25) is 0 Å². The van der Waals surface area contributed by atoms with E-state index in [1.165, 1.54) is 16.7 Å². The van der Waals surface area contributed by atoms with Crippen molar-refractivity contribution in [3.05, 3.63) is 71.3 Å². The Morgan fingerprint density at radius 1 is 0.885 bits per heavy atom. The molecule has 0 aliphatic carbocycles. The summed E-state index contributed by atoms with van der Waals surface area (Å²) in [5.41, 5.74) is 4.27. The Balaban J connectivity index is 0.000000213. The van der Waals surface area contributed by atoms with Crippen molar-refractivity contribution >= 4 is 11.9 Å². The smallest absolute Gasteiger partial charge is 0.335 e. The number of aliphatic hydroxyl groups is 2. The second-order valence-corrected chi connectivity index (χ2v) is 5.81. The highest BCUT2D eigenvalue weighted by Crippen LogP contribution is 2.28. The summed E-state index contributed by atoms with van der Waals surface area (Å²) in [7, 11) is 0. The Morgan fingerprint density at radius 2 is 1.42 bits per heavy atom. The molecule has 2 unspecified atom stereocenters. The lowest BCUT2D eigenvalue weighted by molar-refractivity contribution is -0.165. The first kappa shape index (κ1) is 19.6. The van der Waals surface area contributed by atoms with Gasteiger partial charge in [0.15, 0.2) is 12.2 Å². The summed E-state index contributed by atoms with van der Waals surface area (Å²) < 4.78 is 0. The van der Waals surface area contributed by atoms with Crippen LogP contribution >= 0.6 is 0 Å². The van der Waals surface area contributed by atoms with Crippen LogP contribution in [-0.4, -0.2) is 51.1 Å². The van der Waals surface area contributed by atoms with Gasteiger partial charge in [0.25, 0.3) is 0 Å². The Hall–Kier alpha value is -2.74. The fourth-order valence-corrected chi connectivity index (χ4v) is 2.72. The minimum Gasteiger partial charge on any atom is -0.479 e. The summed E-state index contributed by atoms with van der Waals surface area (Å²) in [4.78, 5) is 19.5. The number of rotatable bonds is 4. The molecule has 0 bridgehead atoms. The van der Waals surface area contributed by atoms with Crippen LogP contribution in [0, 0.1) is 0 Å². The molecule has 2 aromatic rings. The average molecular weight is 359 g/mol. The van der Waals surface area contributed by atoms with Gasteiger partial charge in [-0.15, -0.1) is 0 Å². The molecule has 3 rings (SSSR count). The van der Waals surface area contributed by atoms with E-state index in [-0.39, 0.29) is 0 Å². The van der Waals surface area contributed by atoms with Gasteiger partial charge in [-0.2, -0.15) is 0 Å². The zero-order valence-electron chi connectivity index (χ0n) is 13.9. The van der Waals surface area contributed by atoms with Crippen LogP contribution in [0.15, 0.2) is 54.6 Å². The van der Waals surface area contributed by atoms with Gasteiger partial charge in [-0.25, -0.2) is 9.59 Å². The third-order valence-corrected chi connectivity index (χ3v) is 4.05. The second-order valence-electron chi connectivity index (χ2n) is 5.81. The molecular formula is C19H21NO6. The maximum atomic E-state index is 9.77. The van der Waals surface area contributed by atoms with Gasteiger partial charge in [0.1, 0.15) is 0 Å². The van der Waals surface area contributed by atoms with Gasteiger partial charge in [-0.1, -0.05) is 54.6 Å². The molecule has 1 aliphatic rings. The molecule has 0 radical (unpaired) electrons. The fraction of sp³-hybridized carbons (Fsp3) is 0.263. The molecular weight excluding hydrogens is 338 g/mol. The first-order chi connectivity index (χ1) is 12.4. The summed E-state index contributed by atoms with van der Waals surface area (Å²) >= 11 is 0. The summed E-state index contributed by atoms with van der Waals surface area (Å²) in [6.45, 7) is 1.07. The van der Waals surface area contributed by atoms with Crippen LogP contribution in [0.2, 0.25) is 0 Å². The molecule has 26 heavy (non-hydrogen) atoms. The Labute approximate surface area is 150 Å². The van der Waals surface area contributed by atoms with E-state index in [0.29, 0.717) is 6.04 Å². The van der Waals surface area contributed by atoms with Gasteiger partial charge in [0, 0.05) is 6.54 Å². The molecule has 2 aromatic carbocycles. The lowest BCUT2D eigenvalue weighted by Crippen LogP contribution is -2.39. The third-order valence-electron chi connectivity index (χ3n) is 4.05. The van der Waals surface area contributed by atoms with Crippen LogP contribution in [0.1, 0.15) is 22.7 Å². The molecule has 0 saturated heterocycles. The van der Waals surface area contributed by atoms with Crippen LogP contribution in [0.4, 0.5) is 0 Å². The SMILES string of the molecule is O=C(O)C(O)C(O)C(=O)O.c1ccc([C@H]2NCCc3ccccc32)cc1. The third kappa shape index (κ3) is 4.89. The van der Waals surface area contributed by atoms with Gasteiger partial charge >= 0.3 is 11.9 Å². The quantitative estimate of drug-likeness (QED) is 0.546. The number of nitrogens with one attached hydrogen (secondary N) is 1. The molecule has 3 atom stereocenters. The molecule has 138 valence electrons. The fourth-order valence-electron chi connectivity index (χ4n) is 2.72. The Morgan fingerprint density at radius 3 is 2.00 bits per heavy atom. The number of hydrogen-bond donors (Lipinski definition) is 5. The minimum atomic E-state index is -2.27. The van der Waals surface area contributed by atoms with Crippen LogP contribution in [0.25, 0.3) is 0 Å². The molecule has 0 aromatic heterocycles. The van der Waals surface area contributed by atoms with Crippen molar-refractivity contribution in [2.45, 2.75) is 24.7 Å². The molecule has 1 aliphatic heterocycles. The van der Waals surface area contributed by atoms with E-state index in [0.717, 1.165) is 13.0 Å². The van der Waals surface area contributed by atoms with Gasteiger partial charge in [0.05, 0.1) is 6.04 Å². The minimum absolute atomic E-state index is 0.367. The number of carbonyl (C=O) groups is 2.